The van der Waals surface area contributed by atoms with Crippen molar-refractivity contribution in [3.05, 3.63) is 66.6 Å². The van der Waals surface area contributed by atoms with E-state index >= 15 is 0 Å². The van der Waals surface area contributed by atoms with Crippen LogP contribution in [0.1, 0.15) is 12.3 Å². The van der Waals surface area contributed by atoms with Crippen molar-refractivity contribution in [2.45, 2.75) is 19.2 Å². The van der Waals surface area contributed by atoms with Gasteiger partial charge in [-0.2, -0.15) is 0 Å². The minimum Gasteiger partial charge on any atom is -0.440 e. The summed E-state index contributed by atoms with van der Waals surface area (Å²) < 4.78 is 5.95. The molecule has 2 aromatic carbocycles. The van der Waals surface area contributed by atoms with E-state index in [1.54, 1.807) is 0 Å². The van der Waals surface area contributed by atoms with Gasteiger partial charge in [0.25, 0.3) is 0 Å². The quantitative estimate of drug-likeness (QED) is 0.644. The minimum absolute atomic E-state index is 0.00530. The van der Waals surface area contributed by atoms with E-state index in [0.29, 0.717) is 18.7 Å². The Hall–Kier alpha value is -2.62. The van der Waals surface area contributed by atoms with E-state index in [4.69, 9.17) is 12.3 Å². The maximum atomic E-state index is 11.4. The van der Waals surface area contributed by atoms with Crippen LogP contribution < -0.4 is 0 Å². The SMILES string of the molecule is [B]CC(=O)CCc1nc(-c2ccccc2)c(-c2ccccc2)o1. The second-order valence-corrected chi connectivity index (χ2v) is 5.26. The molecule has 4 heteroatoms. The van der Waals surface area contributed by atoms with Gasteiger partial charge in [-0.15, -0.1) is 0 Å². The Morgan fingerprint density at radius 1 is 0.957 bits per heavy atom. The Morgan fingerprint density at radius 3 is 2.17 bits per heavy atom. The van der Waals surface area contributed by atoms with E-state index in [-0.39, 0.29) is 12.1 Å². The number of carbonyl (C=O) groups excluding carboxylic acids is 1. The molecule has 3 aromatic rings. The summed E-state index contributed by atoms with van der Waals surface area (Å²) in [5, 5.41) is 0. The largest absolute Gasteiger partial charge is 0.440 e. The topological polar surface area (TPSA) is 43.1 Å². The summed E-state index contributed by atoms with van der Waals surface area (Å²) in [7, 11) is 5.35. The monoisotopic (exact) mass is 301 g/mol. The molecule has 0 aliphatic rings. The highest BCUT2D eigenvalue weighted by Crippen LogP contribution is 2.32. The molecule has 0 aliphatic carbocycles. The van der Waals surface area contributed by atoms with Crippen molar-refractivity contribution in [1.82, 2.24) is 4.98 Å². The van der Waals surface area contributed by atoms with Gasteiger partial charge in [0.05, 0.1) is 7.85 Å². The van der Waals surface area contributed by atoms with E-state index in [2.05, 4.69) is 4.98 Å². The number of aryl methyl sites for hydroxylation is 1. The zero-order chi connectivity index (χ0) is 16.1. The summed E-state index contributed by atoms with van der Waals surface area (Å²) >= 11 is 0. The average Bonchev–Trinajstić information content (AvgIpc) is 3.05. The Morgan fingerprint density at radius 2 is 1.57 bits per heavy atom. The summed E-state index contributed by atoms with van der Waals surface area (Å²) in [6.07, 6.45) is 0.861. The van der Waals surface area contributed by atoms with Crippen LogP contribution in [0.5, 0.6) is 0 Å². The number of nitrogens with zero attached hydrogens (tertiary/aromatic N) is 1. The minimum atomic E-state index is 0.00530. The third-order valence-electron chi connectivity index (χ3n) is 3.60. The summed E-state index contributed by atoms with van der Waals surface area (Å²) in [5.41, 5.74) is 2.76. The van der Waals surface area contributed by atoms with Crippen LogP contribution >= 0.6 is 0 Å². The van der Waals surface area contributed by atoms with Crippen LogP contribution in [-0.4, -0.2) is 18.6 Å². The lowest BCUT2D eigenvalue weighted by molar-refractivity contribution is -0.117. The molecule has 112 valence electrons. The second-order valence-electron chi connectivity index (χ2n) is 5.26. The molecule has 0 fully saturated rings. The third-order valence-corrected chi connectivity index (χ3v) is 3.60. The van der Waals surface area contributed by atoms with Gasteiger partial charge in [-0.05, 0) is 6.32 Å². The van der Waals surface area contributed by atoms with Gasteiger partial charge in [0.2, 0.25) is 0 Å². The van der Waals surface area contributed by atoms with Gasteiger partial charge in [0.15, 0.2) is 11.7 Å². The van der Waals surface area contributed by atoms with E-state index < -0.39 is 0 Å². The van der Waals surface area contributed by atoms with Crippen molar-refractivity contribution in [2.75, 3.05) is 0 Å². The van der Waals surface area contributed by atoms with Crippen LogP contribution in [0.15, 0.2) is 65.1 Å². The fourth-order valence-electron chi connectivity index (χ4n) is 2.40. The van der Waals surface area contributed by atoms with E-state index in [9.17, 15) is 4.79 Å². The molecule has 3 rings (SSSR count). The van der Waals surface area contributed by atoms with E-state index in [1.165, 1.54) is 0 Å². The Kier molecular flexibility index (Phi) is 4.72. The maximum absolute atomic E-state index is 11.4. The summed E-state index contributed by atoms with van der Waals surface area (Å²) in [5.74, 6) is 1.29. The predicted molar refractivity (Wildman–Crippen MR) is 91.3 cm³/mol. The first-order valence-electron chi connectivity index (χ1n) is 7.60. The van der Waals surface area contributed by atoms with E-state index in [1.807, 2.05) is 60.7 Å². The molecule has 0 N–H and O–H groups in total. The summed E-state index contributed by atoms with van der Waals surface area (Å²) in [6.45, 7) is 0. The van der Waals surface area contributed by atoms with Crippen LogP contribution in [0.3, 0.4) is 0 Å². The highest BCUT2D eigenvalue weighted by molar-refractivity contribution is 6.20. The third kappa shape index (κ3) is 3.59. The molecular formula is C19H16BNO2. The Bertz CT molecular complexity index is 725. The van der Waals surface area contributed by atoms with Gasteiger partial charge in [-0.25, -0.2) is 4.98 Å². The number of rotatable bonds is 6. The number of aromatic nitrogens is 1. The van der Waals surface area contributed by atoms with Crippen molar-refractivity contribution >= 4 is 13.6 Å². The number of benzene rings is 2. The first-order chi connectivity index (χ1) is 11.3. The van der Waals surface area contributed by atoms with Gasteiger partial charge in [0.1, 0.15) is 11.5 Å². The molecular weight excluding hydrogens is 285 g/mol. The molecule has 0 bridgehead atoms. The Balaban J connectivity index is 1.99. The van der Waals surface area contributed by atoms with Crippen molar-refractivity contribution in [1.29, 1.82) is 0 Å². The van der Waals surface area contributed by atoms with Crippen molar-refractivity contribution in [3.8, 4) is 22.6 Å². The van der Waals surface area contributed by atoms with Crippen molar-refractivity contribution in [2.24, 2.45) is 0 Å². The molecule has 3 nitrogen and oxygen atoms in total. The standard InChI is InChI=1S/C19H16BNO2/c20-13-16(22)11-12-17-21-18(14-7-3-1-4-8-14)19(23-17)15-9-5-2-6-10-15/h1-10H,11-13H2. The number of oxazole rings is 1. The lowest BCUT2D eigenvalue weighted by atomic mass is 9.98. The number of Topliss-reactive ketones (excluding diaryl/α,β-unsaturated/α-hetero) is 1. The lowest BCUT2D eigenvalue weighted by Crippen LogP contribution is -1.98. The molecule has 0 saturated heterocycles. The molecule has 0 unspecified atom stereocenters. The summed E-state index contributed by atoms with van der Waals surface area (Å²) in [4.78, 5) is 16.0. The normalized spacial score (nSPS) is 10.6. The number of hydrogen-bond acceptors (Lipinski definition) is 3. The van der Waals surface area contributed by atoms with Gasteiger partial charge in [-0.3, -0.25) is 0 Å². The summed E-state index contributed by atoms with van der Waals surface area (Å²) in [6, 6.07) is 19.8. The fraction of sp³-hybridized carbons (Fsp3) is 0.158. The molecule has 0 spiro atoms. The molecule has 1 aromatic heterocycles. The molecule has 0 saturated carbocycles. The maximum Gasteiger partial charge on any atom is 0.195 e. The highest BCUT2D eigenvalue weighted by atomic mass is 16.4. The van der Waals surface area contributed by atoms with Gasteiger partial charge < -0.3 is 9.21 Å². The van der Waals surface area contributed by atoms with Crippen LogP contribution in [0.2, 0.25) is 6.32 Å². The number of hydrogen-bond donors (Lipinski definition) is 0. The number of carbonyl (C=O) groups is 1. The van der Waals surface area contributed by atoms with Gasteiger partial charge >= 0.3 is 0 Å². The number of ketones is 1. The molecule has 0 atom stereocenters. The first kappa shape index (κ1) is 15.3. The molecule has 0 amide bonds. The van der Waals surface area contributed by atoms with Crippen LogP contribution in [-0.2, 0) is 11.2 Å². The smallest absolute Gasteiger partial charge is 0.195 e. The van der Waals surface area contributed by atoms with Crippen LogP contribution in [0.4, 0.5) is 0 Å². The van der Waals surface area contributed by atoms with Crippen LogP contribution in [0.25, 0.3) is 22.6 Å². The Labute approximate surface area is 136 Å². The zero-order valence-corrected chi connectivity index (χ0v) is 12.7. The van der Waals surface area contributed by atoms with Crippen molar-refractivity contribution < 1.29 is 9.21 Å². The zero-order valence-electron chi connectivity index (χ0n) is 12.7. The first-order valence-corrected chi connectivity index (χ1v) is 7.60. The predicted octanol–water partition coefficient (Wildman–Crippen LogP) is 4.10. The fourth-order valence-corrected chi connectivity index (χ4v) is 2.40. The molecule has 23 heavy (non-hydrogen) atoms. The van der Waals surface area contributed by atoms with Crippen LogP contribution in [0, 0.1) is 0 Å². The van der Waals surface area contributed by atoms with Crippen molar-refractivity contribution in [3.63, 3.8) is 0 Å². The lowest BCUT2D eigenvalue weighted by Gasteiger charge is -2.00. The van der Waals surface area contributed by atoms with Gasteiger partial charge in [-0.1, -0.05) is 60.7 Å². The highest BCUT2D eigenvalue weighted by Gasteiger charge is 2.17. The molecule has 0 aliphatic heterocycles. The van der Waals surface area contributed by atoms with E-state index in [0.717, 1.165) is 22.6 Å². The molecule has 2 radical (unpaired) electrons. The molecule has 1 heterocycles. The van der Waals surface area contributed by atoms with Gasteiger partial charge in [0, 0.05) is 24.0 Å². The average molecular weight is 301 g/mol. The second kappa shape index (κ2) is 7.10.